The van der Waals surface area contributed by atoms with E-state index in [-0.39, 0.29) is 6.10 Å². The number of fused-ring (bicyclic) bond motifs is 1. The molecule has 0 bridgehead atoms. The van der Waals surface area contributed by atoms with Gasteiger partial charge in [0.1, 0.15) is 11.9 Å². The molecule has 3 nitrogen and oxygen atoms in total. The highest BCUT2D eigenvalue weighted by Gasteiger charge is 2.24. The number of benzene rings is 1. The molecule has 0 amide bonds. The van der Waals surface area contributed by atoms with Gasteiger partial charge in [0.05, 0.1) is 6.61 Å². The number of hydrogen-bond acceptors (Lipinski definition) is 3. The smallest absolute Gasteiger partial charge is 0.123 e. The summed E-state index contributed by atoms with van der Waals surface area (Å²) in [5.41, 5.74) is 1.30. The highest BCUT2D eigenvalue weighted by atomic mass is 79.9. The molecule has 2 unspecified atom stereocenters. The first-order chi connectivity index (χ1) is 8.81. The molecule has 0 aromatic heterocycles. The van der Waals surface area contributed by atoms with Gasteiger partial charge in [-0.2, -0.15) is 0 Å². The van der Waals surface area contributed by atoms with Gasteiger partial charge in [-0.15, -0.1) is 0 Å². The summed E-state index contributed by atoms with van der Waals surface area (Å²) in [6.45, 7) is 2.66. The van der Waals surface area contributed by atoms with E-state index in [0.717, 1.165) is 42.8 Å². The van der Waals surface area contributed by atoms with Gasteiger partial charge in [0.25, 0.3) is 0 Å². The summed E-state index contributed by atoms with van der Waals surface area (Å²) in [6, 6.07) is 6.73. The minimum absolute atomic E-state index is 0.260. The second-order valence-electron chi connectivity index (χ2n) is 5.02. The van der Waals surface area contributed by atoms with Gasteiger partial charge in [-0.25, -0.2) is 0 Å². The van der Waals surface area contributed by atoms with Gasteiger partial charge >= 0.3 is 0 Å². The minimum Gasteiger partial charge on any atom is -0.488 e. The Morgan fingerprint density at radius 1 is 1.39 bits per heavy atom. The van der Waals surface area contributed by atoms with Crippen molar-refractivity contribution in [1.29, 1.82) is 0 Å². The lowest BCUT2D eigenvalue weighted by Crippen LogP contribution is -2.41. The summed E-state index contributed by atoms with van der Waals surface area (Å²) in [6.07, 6.45) is 3.63. The third-order valence-corrected chi connectivity index (χ3v) is 4.05. The molecule has 1 fully saturated rings. The van der Waals surface area contributed by atoms with E-state index in [1.807, 2.05) is 12.1 Å². The third kappa shape index (κ3) is 2.87. The Morgan fingerprint density at radius 2 is 2.33 bits per heavy atom. The average Bonchev–Trinajstić information content (AvgIpc) is 2.79. The van der Waals surface area contributed by atoms with E-state index in [9.17, 15) is 0 Å². The zero-order valence-corrected chi connectivity index (χ0v) is 11.9. The Morgan fingerprint density at radius 3 is 3.17 bits per heavy atom. The van der Waals surface area contributed by atoms with E-state index < -0.39 is 0 Å². The predicted molar refractivity (Wildman–Crippen MR) is 74.1 cm³/mol. The van der Waals surface area contributed by atoms with Crippen molar-refractivity contribution in [3.8, 4) is 5.75 Å². The van der Waals surface area contributed by atoms with Crippen LogP contribution in [0, 0.1) is 0 Å². The van der Waals surface area contributed by atoms with Crippen molar-refractivity contribution in [3.05, 3.63) is 28.2 Å². The molecule has 1 saturated heterocycles. The topological polar surface area (TPSA) is 30.5 Å². The zero-order chi connectivity index (χ0) is 12.4. The molecule has 2 atom stereocenters. The zero-order valence-electron chi connectivity index (χ0n) is 10.3. The Kier molecular flexibility index (Phi) is 3.87. The van der Waals surface area contributed by atoms with Crippen LogP contribution in [0.5, 0.6) is 5.75 Å². The number of ether oxygens (including phenoxy) is 2. The highest BCUT2D eigenvalue weighted by Crippen LogP contribution is 2.31. The van der Waals surface area contributed by atoms with Crippen LogP contribution in [-0.2, 0) is 11.2 Å². The van der Waals surface area contributed by atoms with Crippen LogP contribution in [0.3, 0.4) is 0 Å². The van der Waals surface area contributed by atoms with Crippen LogP contribution in [-0.4, -0.2) is 31.9 Å². The molecule has 2 heterocycles. The van der Waals surface area contributed by atoms with Gasteiger partial charge in [-0.3, -0.25) is 0 Å². The van der Waals surface area contributed by atoms with Gasteiger partial charge in [0, 0.05) is 30.1 Å². The van der Waals surface area contributed by atoms with E-state index in [1.165, 1.54) is 12.0 Å². The van der Waals surface area contributed by atoms with Gasteiger partial charge in [0.2, 0.25) is 0 Å². The summed E-state index contributed by atoms with van der Waals surface area (Å²) in [5.74, 6) is 1.03. The van der Waals surface area contributed by atoms with Gasteiger partial charge in [-0.05, 0) is 36.6 Å². The molecule has 1 aromatic rings. The van der Waals surface area contributed by atoms with E-state index in [4.69, 9.17) is 9.47 Å². The van der Waals surface area contributed by atoms with E-state index in [1.54, 1.807) is 0 Å². The predicted octanol–water partition coefficient (Wildman–Crippen LogP) is 2.52. The lowest BCUT2D eigenvalue weighted by Gasteiger charge is -2.24. The standard InChI is InChI=1S/C14H18BrNO2/c15-11-3-4-14-10(6-11)7-13(18-14)8-16-12-2-1-5-17-9-12/h3-4,6,12-13,16H,1-2,5,7-9H2. The highest BCUT2D eigenvalue weighted by molar-refractivity contribution is 9.10. The summed E-state index contributed by atoms with van der Waals surface area (Å²) >= 11 is 3.50. The maximum atomic E-state index is 5.93. The molecule has 0 spiro atoms. The van der Waals surface area contributed by atoms with Crippen LogP contribution in [0.25, 0.3) is 0 Å². The second-order valence-corrected chi connectivity index (χ2v) is 5.93. The first-order valence-corrected chi connectivity index (χ1v) is 7.37. The summed E-state index contributed by atoms with van der Waals surface area (Å²) in [7, 11) is 0. The largest absolute Gasteiger partial charge is 0.488 e. The van der Waals surface area contributed by atoms with Crippen molar-refractivity contribution in [2.45, 2.75) is 31.4 Å². The molecular formula is C14H18BrNO2. The van der Waals surface area contributed by atoms with Crippen molar-refractivity contribution in [2.24, 2.45) is 0 Å². The molecule has 0 aliphatic carbocycles. The number of halogens is 1. The fourth-order valence-corrected chi connectivity index (χ4v) is 3.01. The summed E-state index contributed by atoms with van der Waals surface area (Å²) in [4.78, 5) is 0. The molecule has 3 rings (SSSR count). The Balaban J connectivity index is 1.51. The maximum Gasteiger partial charge on any atom is 0.123 e. The molecule has 4 heteroatoms. The van der Waals surface area contributed by atoms with Crippen LogP contribution in [0.4, 0.5) is 0 Å². The first-order valence-electron chi connectivity index (χ1n) is 6.57. The number of hydrogen-bond donors (Lipinski definition) is 1. The fourth-order valence-electron chi connectivity index (χ4n) is 2.60. The SMILES string of the molecule is Brc1ccc2c(c1)CC(CNC1CCCOC1)O2. The van der Waals surface area contributed by atoms with Gasteiger partial charge in [0.15, 0.2) is 0 Å². The van der Waals surface area contributed by atoms with Crippen molar-refractivity contribution < 1.29 is 9.47 Å². The lowest BCUT2D eigenvalue weighted by atomic mass is 10.1. The monoisotopic (exact) mass is 311 g/mol. The number of nitrogens with one attached hydrogen (secondary N) is 1. The van der Waals surface area contributed by atoms with E-state index in [0.29, 0.717) is 6.04 Å². The minimum atomic E-state index is 0.260. The molecule has 1 N–H and O–H groups in total. The molecular weight excluding hydrogens is 294 g/mol. The van der Waals surface area contributed by atoms with Crippen molar-refractivity contribution in [2.75, 3.05) is 19.8 Å². The Hall–Kier alpha value is -0.580. The third-order valence-electron chi connectivity index (χ3n) is 3.56. The maximum absolute atomic E-state index is 5.93. The van der Waals surface area contributed by atoms with Crippen LogP contribution in [0.2, 0.25) is 0 Å². The molecule has 2 aliphatic rings. The Labute approximate surface area is 116 Å². The first kappa shape index (κ1) is 12.5. The van der Waals surface area contributed by atoms with E-state index in [2.05, 4.69) is 27.3 Å². The quantitative estimate of drug-likeness (QED) is 0.930. The van der Waals surface area contributed by atoms with Crippen LogP contribution in [0.15, 0.2) is 22.7 Å². The fraction of sp³-hybridized carbons (Fsp3) is 0.571. The normalized spacial score (nSPS) is 26.7. The average molecular weight is 312 g/mol. The Bertz CT molecular complexity index is 418. The summed E-state index contributed by atoms with van der Waals surface area (Å²) < 4.78 is 12.5. The van der Waals surface area contributed by atoms with Crippen molar-refractivity contribution in [1.82, 2.24) is 5.32 Å². The van der Waals surface area contributed by atoms with Gasteiger partial charge in [-0.1, -0.05) is 15.9 Å². The molecule has 18 heavy (non-hydrogen) atoms. The van der Waals surface area contributed by atoms with E-state index >= 15 is 0 Å². The van der Waals surface area contributed by atoms with Crippen LogP contribution in [0.1, 0.15) is 18.4 Å². The van der Waals surface area contributed by atoms with Crippen molar-refractivity contribution in [3.63, 3.8) is 0 Å². The van der Waals surface area contributed by atoms with Crippen LogP contribution >= 0.6 is 15.9 Å². The van der Waals surface area contributed by atoms with Crippen molar-refractivity contribution >= 4 is 15.9 Å². The van der Waals surface area contributed by atoms with Gasteiger partial charge < -0.3 is 14.8 Å². The lowest BCUT2D eigenvalue weighted by molar-refractivity contribution is 0.0666. The molecule has 2 aliphatic heterocycles. The summed E-state index contributed by atoms with van der Waals surface area (Å²) in [5, 5.41) is 3.55. The molecule has 98 valence electrons. The molecule has 0 saturated carbocycles. The van der Waals surface area contributed by atoms with Crippen LogP contribution < -0.4 is 10.1 Å². The second kappa shape index (κ2) is 5.59. The number of rotatable bonds is 3. The molecule has 0 radical (unpaired) electrons. The molecule has 1 aromatic carbocycles.